The Labute approximate surface area is 133 Å². The van der Waals surface area contributed by atoms with E-state index in [1.165, 1.54) is 0 Å². The molecule has 0 radical (unpaired) electrons. The molecule has 0 unspecified atom stereocenters. The second-order valence-corrected chi connectivity index (χ2v) is 5.08. The van der Waals surface area contributed by atoms with Crippen LogP contribution in [0.2, 0.25) is 0 Å². The molecule has 6 nitrogen and oxygen atoms in total. The van der Waals surface area contributed by atoms with E-state index in [0.29, 0.717) is 5.82 Å². The molecule has 1 heterocycles. The average Bonchev–Trinajstić information content (AvgIpc) is 3.09. The van der Waals surface area contributed by atoms with E-state index in [9.17, 15) is 4.79 Å². The third-order valence-corrected chi connectivity index (χ3v) is 3.53. The van der Waals surface area contributed by atoms with E-state index in [1.54, 1.807) is 4.68 Å². The van der Waals surface area contributed by atoms with Gasteiger partial charge in [0.25, 0.3) is 0 Å². The molecule has 2 aromatic carbocycles. The third kappa shape index (κ3) is 3.42. The molecule has 0 aliphatic rings. The van der Waals surface area contributed by atoms with Crippen LogP contribution in [0.1, 0.15) is 24.2 Å². The number of aromatic nitrogens is 4. The smallest absolute Gasteiger partial charge is 0.313 e. The molecule has 0 aliphatic heterocycles. The standard InChI is InChI=1S/C17H16N4O2/c1-13(14-8-4-2-5-9-14)17(22)23-12-16-18-19-20-21(16)15-10-6-3-7-11-15/h2-11,13H,12H2,1H3/t13-/m1/s1. The van der Waals surface area contributed by atoms with Crippen LogP contribution in [0.5, 0.6) is 0 Å². The highest BCUT2D eigenvalue weighted by atomic mass is 16.5. The monoisotopic (exact) mass is 308 g/mol. The molecule has 0 saturated carbocycles. The molecular formula is C17H16N4O2. The predicted octanol–water partition coefficient (Wildman–Crippen LogP) is 2.51. The van der Waals surface area contributed by atoms with E-state index in [4.69, 9.17) is 4.74 Å². The summed E-state index contributed by atoms with van der Waals surface area (Å²) in [6.45, 7) is 1.84. The van der Waals surface area contributed by atoms with Gasteiger partial charge in [0, 0.05) is 0 Å². The molecule has 0 N–H and O–H groups in total. The minimum Gasteiger partial charge on any atom is -0.457 e. The van der Waals surface area contributed by atoms with Gasteiger partial charge in [0.15, 0.2) is 12.4 Å². The Morgan fingerprint density at radius 3 is 2.43 bits per heavy atom. The summed E-state index contributed by atoms with van der Waals surface area (Å²) in [7, 11) is 0. The van der Waals surface area contributed by atoms with E-state index in [-0.39, 0.29) is 18.5 Å². The second-order valence-electron chi connectivity index (χ2n) is 5.08. The van der Waals surface area contributed by atoms with Crippen LogP contribution in [0.25, 0.3) is 5.69 Å². The van der Waals surface area contributed by atoms with Gasteiger partial charge in [-0.25, -0.2) is 0 Å². The van der Waals surface area contributed by atoms with Crippen LogP contribution in [-0.4, -0.2) is 26.2 Å². The summed E-state index contributed by atoms with van der Waals surface area (Å²) in [4.78, 5) is 12.2. The Morgan fingerprint density at radius 2 is 1.74 bits per heavy atom. The largest absolute Gasteiger partial charge is 0.457 e. The Balaban J connectivity index is 1.68. The lowest BCUT2D eigenvalue weighted by atomic mass is 10.0. The van der Waals surface area contributed by atoms with Crippen molar-refractivity contribution in [1.82, 2.24) is 20.2 Å². The molecule has 3 rings (SSSR count). The van der Waals surface area contributed by atoms with Crippen LogP contribution in [0.15, 0.2) is 60.7 Å². The molecular weight excluding hydrogens is 292 g/mol. The number of hydrogen-bond acceptors (Lipinski definition) is 5. The zero-order chi connectivity index (χ0) is 16.1. The fraction of sp³-hybridized carbons (Fsp3) is 0.176. The maximum Gasteiger partial charge on any atom is 0.313 e. The summed E-state index contributed by atoms with van der Waals surface area (Å²) in [6, 6.07) is 19.0. The SMILES string of the molecule is C[C@@H](C(=O)OCc1nnnn1-c1ccccc1)c1ccccc1. The Hall–Kier alpha value is -3.02. The highest BCUT2D eigenvalue weighted by Gasteiger charge is 2.18. The number of benzene rings is 2. The highest BCUT2D eigenvalue weighted by molar-refractivity contribution is 5.77. The number of rotatable bonds is 5. The van der Waals surface area contributed by atoms with E-state index in [0.717, 1.165) is 11.3 Å². The quantitative estimate of drug-likeness (QED) is 0.677. The number of esters is 1. The maximum absolute atomic E-state index is 12.2. The highest BCUT2D eigenvalue weighted by Crippen LogP contribution is 2.17. The molecule has 1 aromatic heterocycles. The Kier molecular flexibility index (Phi) is 4.42. The summed E-state index contributed by atoms with van der Waals surface area (Å²) >= 11 is 0. The van der Waals surface area contributed by atoms with Crippen molar-refractivity contribution in [2.75, 3.05) is 0 Å². The van der Waals surface area contributed by atoms with Crippen molar-refractivity contribution in [3.8, 4) is 5.69 Å². The van der Waals surface area contributed by atoms with Gasteiger partial charge in [-0.15, -0.1) is 5.10 Å². The van der Waals surface area contributed by atoms with Crippen LogP contribution in [-0.2, 0) is 16.1 Å². The van der Waals surface area contributed by atoms with Gasteiger partial charge in [-0.2, -0.15) is 4.68 Å². The molecule has 23 heavy (non-hydrogen) atoms. The fourth-order valence-corrected chi connectivity index (χ4v) is 2.20. The lowest BCUT2D eigenvalue weighted by Gasteiger charge is -2.11. The maximum atomic E-state index is 12.2. The van der Waals surface area contributed by atoms with E-state index in [2.05, 4.69) is 15.5 Å². The molecule has 6 heteroatoms. The van der Waals surface area contributed by atoms with Crippen molar-refractivity contribution in [3.63, 3.8) is 0 Å². The Morgan fingerprint density at radius 1 is 1.09 bits per heavy atom. The number of para-hydroxylation sites is 1. The minimum absolute atomic E-state index is 0.0257. The van der Waals surface area contributed by atoms with Crippen molar-refractivity contribution >= 4 is 5.97 Å². The normalized spacial score (nSPS) is 11.9. The zero-order valence-corrected chi connectivity index (χ0v) is 12.7. The van der Waals surface area contributed by atoms with Crippen molar-refractivity contribution in [2.24, 2.45) is 0 Å². The lowest BCUT2D eigenvalue weighted by molar-refractivity contribution is -0.146. The van der Waals surface area contributed by atoms with Gasteiger partial charge in [0.1, 0.15) is 0 Å². The molecule has 0 saturated heterocycles. The number of ether oxygens (including phenoxy) is 1. The van der Waals surface area contributed by atoms with Gasteiger partial charge in [-0.1, -0.05) is 48.5 Å². The van der Waals surface area contributed by atoms with Gasteiger partial charge < -0.3 is 4.74 Å². The first-order valence-electron chi connectivity index (χ1n) is 7.30. The molecule has 0 amide bonds. The summed E-state index contributed by atoms with van der Waals surface area (Å²) in [5.74, 6) is -0.166. The summed E-state index contributed by atoms with van der Waals surface area (Å²) in [5, 5.41) is 11.5. The number of carbonyl (C=O) groups is 1. The lowest BCUT2D eigenvalue weighted by Crippen LogP contribution is -2.15. The van der Waals surface area contributed by atoms with Crippen LogP contribution >= 0.6 is 0 Å². The molecule has 0 bridgehead atoms. The third-order valence-electron chi connectivity index (χ3n) is 3.53. The van der Waals surface area contributed by atoms with E-state index in [1.807, 2.05) is 67.6 Å². The molecule has 0 spiro atoms. The predicted molar refractivity (Wildman–Crippen MR) is 83.8 cm³/mol. The summed E-state index contributed by atoms with van der Waals surface area (Å²) in [6.07, 6.45) is 0. The van der Waals surface area contributed by atoms with Gasteiger partial charge >= 0.3 is 5.97 Å². The second kappa shape index (κ2) is 6.83. The molecule has 116 valence electrons. The van der Waals surface area contributed by atoms with E-state index >= 15 is 0 Å². The van der Waals surface area contributed by atoms with Gasteiger partial charge in [0.2, 0.25) is 0 Å². The topological polar surface area (TPSA) is 69.9 Å². The molecule has 3 aromatic rings. The zero-order valence-electron chi connectivity index (χ0n) is 12.7. The van der Waals surface area contributed by atoms with Crippen LogP contribution in [0, 0.1) is 0 Å². The fourth-order valence-electron chi connectivity index (χ4n) is 2.20. The summed E-state index contributed by atoms with van der Waals surface area (Å²) in [5.41, 5.74) is 1.74. The minimum atomic E-state index is -0.336. The Bertz CT molecular complexity index is 772. The summed E-state index contributed by atoms with van der Waals surface area (Å²) < 4.78 is 6.92. The van der Waals surface area contributed by atoms with Crippen molar-refractivity contribution < 1.29 is 9.53 Å². The van der Waals surface area contributed by atoms with Crippen molar-refractivity contribution in [1.29, 1.82) is 0 Å². The van der Waals surface area contributed by atoms with Crippen molar-refractivity contribution in [2.45, 2.75) is 19.4 Å². The first-order chi connectivity index (χ1) is 11.3. The van der Waals surface area contributed by atoms with Crippen molar-refractivity contribution in [3.05, 3.63) is 72.1 Å². The molecule has 0 fully saturated rings. The van der Waals surface area contributed by atoms with Crippen LogP contribution in [0.4, 0.5) is 0 Å². The molecule has 1 atom stereocenters. The average molecular weight is 308 g/mol. The van der Waals surface area contributed by atoms with Crippen LogP contribution < -0.4 is 0 Å². The van der Waals surface area contributed by atoms with E-state index < -0.39 is 0 Å². The number of tetrazole rings is 1. The first kappa shape index (κ1) is 14.9. The molecule has 0 aliphatic carbocycles. The van der Waals surface area contributed by atoms with Crippen LogP contribution in [0.3, 0.4) is 0 Å². The number of hydrogen-bond donors (Lipinski definition) is 0. The van der Waals surface area contributed by atoms with Gasteiger partial charge in [-0.3, -0.25) is 4.79 Å². The number of nitrogens with zero attached hydrogens (tertiary/aromatic N) is 4. The first-order valence-corrected chi connectivity index (χ1v) is 7.30. The van der Waals surface area contributed by atoms with Gasteiger partial charge in [-0.05, 0) is 35.0 Å². The number of carbonyl (C=O) groups excluding carboxylic acids is 1. The van der Waals surface area contributed by atoms with Gasteiger partial charge in [0.05, 0.1) is 11.6 Å².